The van der Waals surface area contributed by atoms with Gasteiger partial charge in [0.1, 0.15) is 0 Å². The Morgan fingerprint density at radius 3 is 2.46 bits per heavy atom. The number of piperazine rings is 1. The predicted molar refractivity (Wildman–Crippen MR) is 108 cm³/mol. The highest BCUT2D eigenvalue weighted by molar-refractivity contribution is 6.33. The SMILES string of the molecule is CC(=O)N1CCC[C@@H](C(=O)N2CCN(CC(=O)Nc3ccccc3Cl)CC2)C1. The zero-order chi connectivity index (χ0) is 20.1. The van der Waals surface area contributed by atoms with Crippen molar-refractivity contribution in [2.75, 3.05) is 51.1 Å². The highest BCUT2D eigenvalue weighted by atomic mass is 35.5. The summed E-state index contributed by atoms with van der Waals surface area (Å²) in [5.74, 6) is -0.0528. The van der Waals surface area contributed by atoms with Gasteiger partial charge in [-0.15, -0.1) is 0 Å². The maximum atomic E-state index is 12.8. The number of benzene rings is 1. The number of hydrogen-bond acceptors (Lipinski definition) is 4. The fraction of sp³-hybridized carbons (Fsp3) is 0.550. The van der Waals surface area contributed by atoms with Gasteiger partial charge in [0.05, 0.1) is 23.2 Å². The third kappa shape index (κ3) is 5.23. The van der Waals surface area contributed by atoms with E-state index in [1.807, 2.05) is 21.9 Å². The van der Waals surface area contributed by atoms with E-state index in [1.165, 1.54) is 0 Å². The van der Waals surface area contributed by atoms with Gasteiger partial charge in [-0.1, -0.05) is 23.7 Å². The van der Waals surface area contributed by atoms with E-state index in [0.29, 0.717) is 43.4 Å². The molecular weight excluding hydrogens is 380 g/mol. The number of rotatable bonds is 4. The summed E-state index contributed by atoms with van der Waals surface area (Å²) in [7, 11) is 0. The molecule has 7 nitrogen and oxygen atoms in total. The summed E-state index contributed by atoms with van der Waals surface area (Å²) >= 11 is 6.07. The molecule has 2 fully saturated rings. The molecule has 2 aliphatic rings. The smallest absolute Gasteiger partial charge is 0.238 e. The Labute approximate surface area is 170 Å². The van der Waals surface area contributed by atoms with Gasteiger partial charge in [-0.05, 0) is 25.0 Å². The molecule has 28 heavy (non-hydrogen) atoms. The lowest BCUT2D eigenvalue weighted by molar-refractivity contribution is -0.141. The Morgan fingerprint density at radius 1 is 1.07 bits per heavy atom. The van der Waals surface area contributed by atoms with Crippen LogP contribution < -0.4 is 5.32 Å². The van der Waals surface area contributed by atoms with Crippen molar-refractivity contribution in [2.45, 2.75) is 19.8 Å². The number of para-hydroxylation sites is 1. The van der Waals surface area contributed by atoms with Crippen molar-refractivity contribution in [1.29, 1.82) is 0 Å². The van der Waals surface area contributed by atoms with Crippen molar-refractivity contribution >= 4 is 35.0 Å². The quantitative estimate of drug-likeness (QED) is 0.825. The lowest BCUT2D eigenvalue weighted by Gasteiger charge is -2.38. The Morgan fingerprint density at radius 2 is 1.79 bits per heavy atom. The molecule has 0 radical (unpaired) electrons. The fourth-order valence-corrected chi connectivity index (χ4v) is 3.99. The van der Waals surface area contributed by atoms with Crippen molar-refractivity contribution in [3.8, 4) is 0 Å². The molecule has 1 atom stereocenters. The number of amides is 3. The molecule has 0 aliphatic carbocycles. The Kier molecular flexibility index (Phi) is 6.91. The van der Waals surface area contributed by atoms with Gasteiger partial charge in [-0.25, -0.2) is 0 Å². The summed E-state index contributed by atoms with van der Waals surface area (Å²) in [5, 5.41) is 3.34. The van der Waals surface area contributed by atoms with E-state index in [-0.39, 0.29) is 30.2 Å². The highest BCUT2D eigenvalue weighted by Crippen LogP contribution is 2.21. The molecule has 2 heterocycles. The second-order valence-electron chi connectivity index (χ2n) is 7.43. The standard InChI is InChI=1S/C20H27ClN4O3/c1-15(26)25-8-4-5-16(13-25)20(28)24-11-9-23(10-12-24)14-19(27)22-18-7-3-2-6-17(18)21/h2-3,6-7,16H,4-5,8-14H2,1H3,(H,22,27)/t16-/m1/s1. The monoisotopic (exact) mass is 406 g/mol. The zero-order valence-corrected chi connectivity index (χ0v) is 17.0. The van der Waals surface area contributed by atoms with Crippen molar-refractivity contribution < 1.29 is 14.4 Å². The van der Waals surface area contributed by atoms with Crippen LogP contribution in [0.25, 0.3) is 0 Å². The molecule has 3 amide bonds. The molecule has 0 unspecified atom stereocenters. The first-order valence-electron chi connectivity index (χ1n) is 9.75. The molecule has 3 rings (SSSR count). The van der Waals surface area contributed by atoms with Gasteiger partial charge in [0, 0.05) is 46.2 Å². The Bertz CT molecular complexity index is 734. The first kappa shape index (κ1) is 20.6. The second-order valence-corrected chi connectivity index (χ2v) is 7.84. The number of likely N-dealkylation sites (tertiary alicyclic amines) is 1. The molecule has 152 valence electrons. The molecular formula is C20H27ClN4O3. The third-order valence-electron chi connectivity index (χ3n) is 5.42. The lowest BCUT2D eigenvalue weighted by Crippen LogP contribution is -2.53. The minimum absolute atomic E-state index is 0.0341. The minimum atomic E-state index is -0.114. The molecule has 0 saturated carbocycles. The third-order valence-corrected chi connectivity index (χ3v) is 5.74. The summed E-state index contributed by atoms with van der Waals surface area (Å²) in [6.07, 6.45) is 1.71. The number of hydrogen-bond donors (Lipinski definition) is 1. The van der Waals surface area contributed by atoms with Crippen molar-refractivity contribution in [1.82, 2.24) is 14.7 Å². The highest BCUT2D eigenvalue weighted by Gasteiger charge is 2.32. The number of carbonyl (C=O) groups is 3. The van der Waals surface area contributed by atoms with Crippen LogP contribution in [0.2, 0.25) is 5.02 Å². The molecule has 2 aliphatic heterocycles. The first-order chi connectivity index (χ1) is 13.4. The van der Waals surface area contributed by atoms with E-state index < -0.39 is 0 Å². The molecule has 2 saturated heterocycles. The van der Waals surface area contributed by atoms with E-state index in [2.05, 4.69) is 5.32 Å². The summed E-state index contributed by atoms with van der Waals surface area (Å²) in [4.78, 5) is 42.3. The van der Waals surface area contributed by atoms with Crippen molar-refractivity contribution in [2.24, 2.45) is 5.92 Å². The van der Waals surface area contributed by atoms with E-state index in [0.717, 1.165) is 19.4 Å². The van der Waals surface area contributed by atoms with Gasteiger partial charge in [-0.3, -0.25) is 19.3 Å². The average Bonchev–Trinajstić information content (AvgIpc) is 2.70. The molecule has 1 aromatic carbocycles. The van der Waals surface area contributed by atoms with Gasteiger partial charge < -0.3 is 15.1 Å². The van der Waals surface area contributed by atoms with Crippen LogP contribution in [0.15, 0.2) is 24.3 Å². The predicted octanol–water partition coefficient (Wildman–Crippen LogP) is 1.68. The van der Waals surface area contributed by atoms with Crippen molar-refractivity contribution in [3.63, 3.8) is 0 Å². The zero-order valence-electron chi connectivity index (χ0n) is 16.2. The maximum absolute atomic E-state index is 12.8. The second kappa shape index (κ2) is 9.39. The van der Waals surface area contributed by atoms with Crippen LogP contribution in [0.1, 0.15) is 19.8 Å². The minimum Gasteiger partial charge on any atom is -0.342 e. The summed E-state index contributed by atoms with van der Waals surface area (Å²) in [5.41, 5.74) is 0.607. The molecule has 8 heteroatoms. The summed E-state index contributed by atoms with van der Waals surface area (Å²) in [6, 6.07) is 7.14. The number of nitrogens with zero attached hydrogens (tertiary/aromatic N) is 3. The van der Waals surface area contributed by atoms with Crippen LogP contribution in [0.5, 0.6) is 0 Å². The van der Waals surface area contributed by atoms with Crippen LogP contribution >= 0.6 is 11.6 Å². The summed E-state index contributed by atoms with van der Waals surface area (Å²) in [6.45, 7) is 5.62. The first-order valence-corrected chi connectivity index (χ1v) is 10.1. The number of piperidine rings is 1. The molecule has 0 spiro atoms. The van der Waals surface area contributed by atoms with E-state index in [1.54, 1.807) is 24.0 Å². The van der Waals surface area contributed by atoms with Gasteiger partial charge in [-0.2, -0.15) is 0 Å². The van der Waals surface area contributed by atoms with Gasteiger partial charge in [0.2, 0.25) is 17.7 Å². The lowest BCUT2D eigenvalue weighted by atomic mass is 9.96. The van der Waals surface area contributed by atoms with Crippen LogP contribution in [0.3, 0.4) is 0 Å². The van der Waals surface area contributed by atoms with Crippen LogP contribution in [-0.2, 0) is 14.4 Å². The molecule has 0 aromatic heterocycles. The van der Waals surface area contributed by atoms with Crippen molar-refractivity contribution in [3.05, 3.63) is 29.3 Å². The summed E-state index contributed by atoms with van der Waals surface area (Å²) < 4.78 is 0. The topological polar surface area (TPSA) is 73.0 Å². The molecule has 0 bridgehead atoms. The maximum Gasteiger partial charge on any atom is 0.238 e. The number of carbonyl (C=O) groups excluding carboxylic acids is 3. The Hall–Kier alpha value is -2.12. The molecule has 1 aromatic rings. The fourth-order valence-electron chi connectivity index (χ4n) is 3.80. The molecule has 1 N–H and O–H groups in total. The van der Waals surface area contributed by atoms with E-state index in [9.17, 15) is 14.4 Å². The van der Waals surface area contributed by atoms with E-state index in [4.69, 9.17) is 11.6 Å². The normalized spacial score (nSPS) is 20.7. The van der Waals surface area contributed by atoms with Crippen LogP contribution in [0, 0.1) is 5.92 Å². The number of halogens is 1. The van der Waals surface area contributed by atoms with E-state index >= 15 is 0 Å². The average molecular weight is 407 g/mol. The Balaban J connectivity index is 1.45. The largest absolute Gasteiger partial charge is 0.342 e. The van der Waals surface area contributed by atoms with Gasteiger partial charge >= 0.3 is 0 Å². The van der Waals surface area contributed by atoms with Gasteiger partial charge in [0.25, 0.3) is 0 Å². The van der Waals surface area contributed by atoms with Crippen LogP contribution in [0.4, 0.5) is 5.69 Å². The number of anilines is 1. The van der Waals surface area contributed by atoms with Crippen LogP contribution in [-0.4, -0.2) is 78.2 Å². The number of nitrogens with one attached hydrogen (secondary N) is 1. The van der Waals surface area contributed by atoms with Gasteiger partial charge in [0.15, 0.2) is 0 Å².